The Bertz CT molecular complexity index is 2420. The fourth-order valence-electron chi connectivity index (χ4n) is 7.87. The molecular weight excluding hydrogens is 1020 g/mol. The number of hydrogen-bond donors (Lipinski definition) is 16. The molecule has 9 amide bonds. The van der Waals surface area contributed by atoms with Crippen LogP contribution in [0.3, 0.4) is 0 Å². The molecule has 0 spiro atoms. The van der Waals surface area contributed by atoms with E-state index in [9.17, 15) is 88.2 Å². The topological polar surface area (TPSA) is 494 Å². The minimum atomic E-state index is -1.79. The number of aliphatic hydroxyl groups excluding tert-OH is 2. The number of hydrogen-bond acceptors (Lipinski definition) is 17. The summed E-state index contributed by atoms with van der Waals surface area (Å²) in [5, 5.41) is 75.2. The highest BCUT2D eigenvalue weighted by Gasteiger charge is 2.41. The first-order valence-corrected chi connectivity index (χ1v) is 24.4. The van der Waals surface area contributed by atoms with Crippen molar-refractivity contribution in [3.05, 3.63) is 48.0 Å². The molecule has 0 bridgehead atoms. The number of nitrogens with one attached hydrogen (secondary N) is 8. The Labute approximate surface area is 440 Å². The van der Waals surface area contributed by atoms with Crippen LogP contribution in [0, 0.1) is 5.92 Å². The van der Waals surface area contributed by atoms with Crippen LogP contribution in [-0.2, 0) is 70.4 Å². The molecule has 0 saturated carbocycles. The largest absolute Gasteiger partial charge is 0.508 e. The van der Waals surface area contributed by atoms with Crippen LogP contribution in [0.5, 0.6) is 5.75 Å². The summed E-state index contributed by atoms with van der Waals surface area (Å²) in [4.78, 5) is 164. The van der Waals surface area contributed by atoms with Crippen LogP contribution in [0.4, 0.5) is 0 Å². The second-order valence-corrected chi connectivity index (χ2v) is 18.6. The summed E-state index contributed by atoms with van der Waals surface area (Å²) in [6.07, 6.45) is -2.30. The van der Waals surface area contributed by atoms with Gasteiger partial charge in [0.25, 0.3) is 0 Å². The molecule has 77 heavy (non-hydrogen) atoms. The van der Waals surface area contributed by atoms with Crippen LogP contribution < -0.4 is 48.7 Å². The number of imidazole rings is 1. The van der Waals surface area contributed by atoms with E-state index in [0.29, 0.717) is 11.3 Å². The molecule has 1 fully saturated rings. The number of likely N-dealkylation sites (tertiary alicyclic amines) is 1. The maximum atomic E-state index is 14.3. The molecule has 30 nitrogen and oxygen atoms in total. The molecule has 1 aliphatic rings. The van der Waals surface area contributed by atoms with Gasteiger partial charge < -0.3 is 89.2 Å². The van der Waals surface area contributed by atoms with E-state index in [1.807, 2.05) is 0 Å². The molecule has 0 unspecified atom stereocenters. The lowest BCUT2D eigenvalue weighted by atomic mass is 10.0. The lowest BCUT2D eigenvalue weighted by Gasteiger charge is -2.31. The van der Waals surface area contributed by atoms with Crippen molar-refractivity contribution in [3.63, 3.8) is 0 Å². The Morgan fingerprint density at radius 2 is 1.21 bits per heavy atom. The number of amides is 9. The maximum absolute atomic E-state index is 14.3. The second-order valence-electron chi connectivity index (χ2n) is 18.6. The van der Waals surface area contributed by atoms with Crippen molar-refractivity contribution in [1.29, 1.82) is 0 Å². The number of carbonyl (C=O) groups is 12. The number of phenols is 1. The second kappa shape index (κ2) is 30.3. The molecule has 30 heteroatoms. The van der Waals surface area contributed by atoms with Gasteiger partial charge in [0, 0.05) is 50.5 Å². The Morgan fingerprint density at radius 3 is 1.75 bits per heavy atom. The smallest absolute Gasteiger partial charge is 0.328 e. The number of benzene rings is 1. The van der Waals surface area contributed by atoms with Crippen molar-refractivity contribution in [3.8, 4) is 5.75 Å². The third kappa shape index (κ3) is 20.4. The highest BCUT2D eigenvalue weighted by molar-refractivity contribution is 5.98. The van der Waals surface area contributed by atoms with Gasteiger partial charge >= 0.3 is 17.9 Å². The van der Waals surface area contributed by atoms with Gasteiger partial charge in [-0.05, 0) is 62.6 Å². The van der Waals surface area contributed by atoms with Gasteiger partial charge in [-0.3, -0.25) is 52.7 Å². The maximum Gasteiger partial charge on any atom is 0.328 e. The predicted molar refractivity (Wildman–Crippen MR) is 264 cm³/mol. The zero-order chi connectivity index (χ0) is 57.7. The van der Waals surface area contributed by atoms with E-state index in [0.717, 1.165) is 11.8 Å². The fourth-order valence-corrected chi connectivity index (χ4v) is 7.87. The average molecular weight is 1090 g/mol. The first-order chi connectivity index (χ1) is 36.2. The minimum absolute atomic E-state index is 0.00666. The number of H-pyrrole nitrogens is 1. The van der Waals surface area contributed by atoms with Gasteiger partial charge in [-0.1, -0.05) is 26.0 Å². The van der Waals surface area contributed by atoms with Gasteiger partial charge in [0.2, 0.25) is 53.2 Å². The third-order valence-corrected chi connectivity index (χ3v) is 12.1. The fraction of sp³-hybridized carbons (Fsp3) is 0.553. The standard InChI is InChI=1S/C47H68N12O18/c1-22(2)37(57-43(72)32(20-60)56-41(70)31(18-25-19-50-21-51-25)54-39(68)27(48)10-13-34(49)63)45(74)52-28(11-14-35(64)65)40(69)53-29(12-15-36(66)67)46(75)59-16-4-5-33(59)44(73)55-30(17-24-6-8-26(62)9-7-24)42(71)58-38(23(3)61)47(76)77/h6-9,19,21-23,27-33,37-38,60-62H,4-5,10-18,20,48H2,1-3H3,(H2,49,63)(H,50,51)(H,52,74)(H,53,69)(H,54,68)(H,55,73)(H,56,70)(H,57,72)(H,58,71)(H,64,65)(H,66,67)(H,76,77)/t23-,27+,28+,29+,30+,31+,32+,33+,37+,38+/m1/s1. The van der Waals surface area contributed by atoms with Gasteiger partial charge in [0.05, 0.1) is 25.1 Å². The number of nitrogens with two attached hydrogens (primary N) is 2. The van der Waals surface area contributed by atoms with Gasteiger partial charge in [-0.25, -0.2) is 9.78 Å². The summed E-state index contributed by atoms with van der Waals surface area (Å²) in [5.74, 6) is -14.3. The van der Waals surface area contributed by atoms with Gasteiger partial charge in [0.15, 0.2) is 6.04 Å². The van der Waals surface area contributed by atoms with Gasteiger partial charge in [-0.2, -0.15) is 0 Å². The highest BCUT2D eigenvalue weighted by Crippen LogP contribution is 2.21. The van der Waals surface area contributed by atoms with Gasteiger partial charge in [-0.15, -0.1) is 0 Å². The summed E-state index contributed by atoms with van der Waals surface area (Å²) in [6, 6.07) is -8.76. The molecule has 10 atom stereocenters. The first-order valence-electron chi connectivity index (χ1n) is 24.4. The number of rotatable bonds is 32. The van der Waals surface area contributed by atoms with Crippen molar-refractivity contribution in [2.24, 2.45) is 17.4 Å². The lowest BCUT2D eigenvalue weighted by molar-refractivity contribution is -0.146. The molecule has 424 valence electrons. The van der Waals surface area contributed by atoms with Crippen LogP contribution in [0.25, 0.3) is 0 Å². The number of carboxylic acid groups (broad SMARTS) is 3. The zero-order valence-corrected chi connectivity index (χ0v) is 42.4. The molecule has 0 aliphatic carbocycles. The van der Waals surface area contributed by atoms with Crippen molar-refractivity contribution in [2.75, 3.05) is 13.2 Å². The minimum Gasteiger partial charge on any atom is -0.508 e. The number of nitrogens with zero attached hydrogens (tertiary/aromatic N) is 2. The number of aliphatic carboxylic acids is 3. The van der Waals surface area contributed by atoms with Crippen LogP contribution in [0.1, 0.15) is 83.4 Å². The van der Waals surface area contributed by atoms with Crippen LogP contribution >= 0.6 is 0 Å². The average Bonchev–Trinajstić information content (AvgIpc) is 4.08. The summed E-state index contributed by atoms with van der Waals surface area (Å²) in [6.45, 7) is 2.88. The molecule has 18 N–H and O–H groups in total. The number of primary amides is 1. The molecule has 1 saturated heterocycles. The number of carbonyl (C=O) groups excluding carboxylic acids is 9. The van der Waals surface area contributed by atoms with E-state index >= 15 is 0 Å². The van der Waals surface area contributed by atoms with E-state index in [4.69, 9.17) is 11.5 Å². The summed E-state index contributed by atoms with van der Waals surface area (Å²) >= 11 is 0. The Balaban J connectivity index is 1.84. The van der Waals surface area contributed by atoms with Crippen LogP contribution in [0.2, 0.25) is 0 Å². The lowest BCUT2D eigenvalue weighted by Crippen LogP contribution is -2.61. The number of aromatic hydroxyl groups is 1. The third-order valence-electron chi connectivity index (χ3n) is 12.1. The number of aromatic nitrogens is 2. The van der Waals surface area contributed by atoms with Crippen molar-refractivity contribution >= 4 is 71.1 Å². The highest BCUT2D eigenvalue weighted by atomic mass is 16.4. The van der Waals surface area contributed by atoms with E-state index < -0.39 is 170 Å². The van der Waals surface area contributed by atoms with Crippen molar-refractivity contribution in [1.82, 2.24) is 52.1 Å². The van der Waals surface area contributed by atoms with E-state index in [-0.39, 0.29) is 50.8 Å². The molecule has 1 aromatic carbocycles. The Morgan fingerprint density at radius 1 is 0.675 bits per heavy atom. The summed E-state index contributed by atoms with van der Waals surface area (Å²) in [5.41, 5.74) is 11.8. The van der Waals surface area contributed by atoms with Crippen LogP contribution in [0.15, 0.2) is 36.8 Å². The Hall–Kier alpha value is -8.25. The van der Waals surface area contributed by atoms with E-state index in [1.165, 1.54) is 50.6 Å². The van der Waals surface area contributed by atoms with Crippen molar-refractivity contribution in [2.45, 2.75) is 145 Å². The molecule has 1 aliphatic heterocycles. The van der Waals surface area contributed by atoms with E-state index in [2.05, 4.69) is 47.2 Å². The van der Waals surface area contributed by atoms with Crippen LogP contribution in [-0.4, -0.2) is 190 Å². The first kappa shape index (κ1) is 63.0. The number of carboxylic acids is 3. The monoisotopic (exact) mass is 1090 g/mol. The summed E-state index contributed by atoms with van der Waals surface area (Å²) < 4.78 is 0. The molecule has 3 rings (SSSR count). The number of phenolic OH excluding ortho intramolecular Hbond substituents is 1. The molecule has 0 radical (unpaired) electrons. The quantitative estimate of drug-likeness (QED) is 0.0325. The molecular formula is C47H68N12O18. The molecule has 1 aromatic heterocycles. The normalized spacial score (nSPS) is 16.6. The summed E-state index contributed by atoms with van der Waals surface area (Å²) in [7, 11) is 0. The number of aromatic amines is 1. The SMILES string of the molecule is CC(C)[C@H](NC(=O)[C@H](CO)NC(=O)[C@H](Cc1cnc[nH]1)NC(=O)[C@@H](N)CCC(N)=O)C(=O)N[C@@H](CCC(=O)O)C(=O)N[C@@H](CCC(=O)O)C(=O)N1CCC[C@H]1C(=O)N[C@@H](Cc1ccc(O)cc1)C(=O)N[C@H](C(=O)O)[C@@H](C)O. The van der Waals surface area contributed by atoms with E-state index in [1.54, 1.807) is 0 Å². The number of aliphatic hydroxyl groups is 2. The Kier molecular flexibility index (Phi) is 24.8. The molecule has 2 heterocycles. The van der Waals surface area contributed by atoms with Gasteiger partial charge in [0.1, 0.15) is 48.0 Å². The predicted octanol–water partition coefficient (Wildman–Crippen LogP) is -5.28. The zero-order valence-electron chi connectivity index (χ0n) is 42.4. The molecule has 2 aromatic rings. The van der Waals surface area contributed by atoms with Crippen molar-refractivity contribution < 1.29 is 88.2 Å².